The summed E-state index contributed by atoms with van der Waals surface area (Å²) in [6, 6.07) is 4.48. The molecule has 0 bridgehead atoms. The normalized spacial score (nSPS) is 10.2. The molecule has 2 aromatic rings. The molecule has 88 valence electrons. The molecule has 2 rings (SSSR count). The second kappa shape index (κ2) is 4.84. The molecule has 0 aliphatic carbocycles. The molecular weight excluding hydrogens is 244 g/mol. The highest BCUT2D eigenvalue weighted by molar-refractivity contribution is 6.32. The third kappa shape index (κ3) is 2.94. The van der Waals surface area contributed by atoms with E-state index in [1.165, 1.54) is 29.5 Å². The molecule has 17 heavy (non-hydrogen) atoms. The molecule has 1 aromatic carbocycles. The van der Waals surface area contributed by atoms with Crippen molar-refractivity contribution in [3.63, 3.8) is 0 Å². The van der Waals surface area contributed by atoms with Gasteiger partial charge in [0.2, 0.25) is 5.91 Å². The molecule has 0 aliphatic heterocycles. The van der Waals surface area contributed by atoms with Crippen LogP contribution >= 0.6 is 11.6 Å². The number of aromatic hydroxyl groups is 1. The van der Waals surface area contributed by atoms with Gasteiger partial charge in [0.15, 0.2) is 0 Å². The zero-order valence-electron chi connectivity index (χ0n) is 8.67. The summed E-state index contributed by atoms with van der Waals surface area (Å²) >= 11 is 5.65. The Bertz CT molecular complexity index is 527. The maximum atomic E-state index is 11.6. The molecule has 0 aliphatic rings. The van der Waals surface area contributed by atoms with E-state index in [9.17, 15) is 9.90 Å². The van der Waals surface area contributed by atoms with Crippen LogP contribution in [-0.4, -0.2) is 25.8 Å². The molecule has 7 heteroatoms. The number of hydrogen-bond donors (Lipinski definition) is 2. The van der Waals surface area contributed by atoms with Gasteiger partial charge in [-0.15, -0.1) is 0 Å². The molecule has 0 unspecified atom stereocenters. The number of nitrogens with one attached hydrogen (secondary N) is 1. The monoisotopic (exact) mass is 252 g/mol. The molecule has 1 amide bonds. The van der Waals surface area contributed by atoms with Gasteiger partial charge in [-0.2, -0.15) is 5.10 Å². The number of phenolic OH excluding ortho intramolecular Hbond substituents is 1. The van der Waals surface area contributed by atoms with Crippen molar-refractivity contribution in [1.82, 2.24) is 14.8 Å². The van der Waals surface area contributed by atoms with Gasteiger partial charge in [0.05, 0.1) is 5.02 Å². The number of aromatic nitrogens is 3. The number of carbonyl (C=O) groups excluding carboxylic acids is 1. The van der Waals surface area contributed by atoms with Crippen molar-refractivity contribution < 1.29 is 9.90 Å². The standard InChI is InChI=1S/C10H9ClN4O2/c11-8-2-1-7(3-9(8)16)14-10(17)4-15-6-12-5-13-15/h1-3,5-6,16H,4H2,(H,14,17). The van der Waals surface area contributed by atoms with E-state index in [-0.39, 0.29) is 23.2 Å². The average molecular weight is 253 g/mol. The summed E-state index contributed by atoms with van der Waals surface area (Å²) in [6.07, 6.45) is 2.79. The predicted octanol–water partition coefficient (Wildman–Crippen LogP) is 1.28. The Morgan fingerprint density at radius 1 is 1.53 bits per heavy atom. The van der Waals surface area contributed by atoms with Crippen molar-refractivity contribution in [2.75, 3.05) is 5.32 Å². The van der Waals surface area contributed by atoms with Gasteiger partial charge in [0.25, 0.3) is 0 Å². The Morgan fingerprint density at radius 3 is 3.00 bits per heavy atom. The van der Waals surface area contributed by atoms with Crippen LogP contribution in [-0.2, 0) is 11.3 Å². The Hall–Kier alpha value is -2.08. The van der Waals surface area contributed by atoms with E-state index in [1.807, 2.05) is 0 Å². The van der Waals surface area contributed by atoms with E-state index in [0.717, 1.165) is 0 Å². The minimum Gasteiger partial charge on any atom is -0.506 e. The van der Waals surface area contributed by atoms with Crippen LogP contribution < -0.4 is 5.32 Å². The van der Waals surface area contributed by atoms with E-state index in [1.54, 1.807) is 6.07 Å². The lowest BCUT2D eigenvalue weighted by atomic mass is 10.3. The highest BCUT2D eigenvalue weighted by Gasteiger charge is 2.05. The van der Waals surface area contributed by atoms with Crippen LogP contribution in [0, 0.1) is 0 Å². The first-order valence-corrected chi connectivity index (χ1v) is 5.14. The van der Waals surface area contributed by atoms with Crippen molar-refractivity contribution in [1.29, 1.82) is 0 Å². The van der Waals surface area contributed by atoms with Crippen molar-refractivity contribution in [2.24, 2.45) is 0 Å². The van der Waals surface area contributed by atoms with Gasteiger partial charge in [0, 0.05) is 11.8 Å². The highest BCUT2D eigenvalue weighted by atomic mass is 35.5. The van der Waals surface area contributed by atoms with Crippen LogP contribution in [0.25, 0.3) is 0 Å². The van der Waals surface area contributed by atoms with Gasteiger partial charge >= 0.3 is 0 Å². The third-order valence-electron chi connectivity index (χ3n) is 2.00. The Labute approximate surface area is 102 Å². The molecule has 0 spiro atoms. The van der Waals surface area contributed by atoms with Crippen molar-refractivity contribution >= 4 is 23.2 Å². The zero-order valence-corrected chi connectivity index (χ0v) is 9.42. The highest BCUT2D eigenvalue weighted by Crippen LogP contribution is 2.25. The Kier molecular flexibility index (Phi) is 3.24. The summed E-state index contributed by atoms with van der Waals surface area (Å²) in [7, 11) is 0. The molecule has 0 atom stereocenters. The topological polar surface area (TPSA) is 80.0 Å². The van der Waals surface area contributed by atoms with Crippen molar-refractivity contribution in [3.8, 4) is 5.75 Å². The minimum absolute atomic E-state index is 0.0589. The number of carbonyl (C=O) groups is 1. The molecule has 1 aromatic heterocycles. The number of anilines is 1. The number of halogens is 1. The van der Waals surface area contributed by atoms with E-state index in [4.69, 9.17) is 11.6 Å². The lowest BCUT2D eigenvalue weighted by molar-refractivity contribution is -0.116. The van der Waals surface area contributed by atoms with Crippen LogP contribution in [0.3, 0.4) is 0 Å². The molecule has 2 N–H and O–H groups in total. The summed E-state index contributed by atoms with van der Waals surface area (Å²) in [4.78, 5) is 15.3. The van der Waals surface area contributed by atoms with Crippen LogP contribution in [0.4, 0.5) is 5.69 Å². The van der Waals surface area contributed by atoms with E-state index >= 15 is 0 Å². The molecular formula is C10H9ClN4O2. The molecule has 0 radical (unpaired) electrons. The van der Waals surface area contributed by atoms with E-state index < -0.39 is 0 Å². The van der Waals surface area contributed by atoms with Crippen molar-refractivity contribution in [2.45, 2.75) is 6.54 Å². The summed E-state index contributed by atoms with van der Waals surface area (Å²) in [6.45, 7) is 0.0589. The summed E-state index contributed by atoms with van der Waals surface area (Å²) in [5.74, 6) is -0.345. The number of phenols is 1. The summed E-state index contributed by atoms with van der Waals surface area (Å²) in [5.41, 5.74) is 0.469. The van der Waals surface area contributed by atoms with Crippen LogP contribution in [0.15, 0.2) is 30.9 Å². The first-order valence-electron chi connectivity index (χ1n) is 4.76. The first kappa shape index (κ1) is 11.4. The number of amides is 1. The maximum Gasteiger partial charge on any atom is 0.246 e. The van der Waals surface area contributed by atoms with Gasteiger partial charge in [0.1, 0.15) is 24.9 Å². The molecule has 0 saturated carbocycles. The molecule has 0 saturated heterocycles. The van der Waals surface area contributed by atoms with E-state index in [0.29, 0.717) is 5.69 Å². The van der Waals surface area contributed by atoms with Gasteiger partial charge in [-0.05, 0) is 12.1 Å². The number of benzene rings is 1. The zero-order chi connectivity index (χ0) is 12.3. The fourth-order valence-corrected chi connectivity index (χ4v) is 1.37. The SMILES string of the molecule is O=C(Cn1cncn1)Nc1ccc(Cl)c(O)c1. The quantitative estimate of drug-likeness (QED) is 0.862. The van der Waals surface area contributed by atoms with Crippen LogP contribution in [0.2, 0.25) is 5.02 Å². The molecule has 0 fully saturated rings. The Morgan fingerprint density at radius 2 is 2.35 bits per heavy atom. The number of hydrogen-bond acceptors (Lipinski definition) is 4. The second-order valence-corrected chi connectivity index (χ2v) is 3.71. The van der Waals surface area contributed by atoms with Crippen molar-refractivity contribution in [3.05, 3.63) is 35.9 Å². The lowest BCUT2D eigenvalue weighted by Crippen LogP contribution is -2.18. The smallest absolute Gasteiger partial charge is 0.246 e. The Balaban J connectivity index is 2.00. The lowest BCUT2D eigenvalue weighted by Gasteiger charge is -2.06. The molecule has 1 heterocycles. The van der Waals surface area contributed by atoms with Gasteiger partial charge in [-0.1, -0.05) is 11.6 Å². The van der Waals surface area contributed by atoms with Gasteiger partial charge in [-0.3, -0.25) is 4.79 Å². The van der Waals surface area contributed by atoms with Crippen LogP contribution in [0.5, 0.6) is 5.75 Å². The second-order valence-electron chi connectivity index (χ2n) is 3.31. The minimum atomic E-state index is -0.266. The third-order valence-corrected chi connectivity index (χ3v) is 2.32. The van der Waals surface area contributed by atoms with Crippen LogP contribution in [0.1, 0.15) is 0 Å². The largest absolute Gasteiger partial charge is 0.506 e. The molecule has 6 nitrogen and oxygen atoms in total. The number of rotatable bonds is 3. The summed E-state index contributed by atoms with van der Waals surface area (Å²) < 4.78 is 1.39. The van der Waals surface area contributed by atoms with E-state index in [2.05, 4.69) is 15.4 Å². The fraction of sp³-hybridized carbons (Fsp3) is 0.100. The average Bonchev–Trinajstić information content (AvgIpc) is 2.76. The first-order chi connectivity index (χ1) is 8.15. The maximum absolute atomic E-state index is 11.6. The predicted molar refractivity (Wildman–Crippen MR) is 61.8 cm³/mol. The fourth-order valence-electron chi connectivity index (χ4n) is 1.25. The number of nitrogens with zero attached hydrogens (tertiary/aromatic N) is 3. The van der Waals surface area contributed by atoms with Gasteiger partial charge < -0.3 is 10.4 Å². The van der Waals surface area contributed by atoms with Gasteiger partial charge in [-0.25, -0.2) is 9.67 Å². The summed E-state index contributed by atoms with van der Waals surface area (Å²) in [5, 5.41) is 16.0.